The Morgan fingerprint density at radius 2 is 2.33 bits per heavy atom. The number of hydrogen-bond acceptors (Lipinski definition) is 4. The number of rotatable bonds is 2. The van der Waals surface area contributed by atoms with Gasteiger partial charge in [-0.2, -0.15) is 5.26 Å². The second-order valence-corrected chi connectivity index (χ2v) is 2.48. The summed E-state index contributed by atoms with van der Waals surface area (Å²) in [6.07, 6.45) is 0.393. The van der Waals surface area contributed by atoms with Gasteiger partial charge in [-0.3, -0.25) is 0 Å². The Labute approximate surface area is 69.5 Å². The molecule has 1 aromatic rings. The van der Waals surface area contributed by atoms with Crippen molar-refractivity contribution in [2.24, 2.45) is 7.05 Å². The Morgan fingerprint density at radius 3 is 2.75 bits per heavy atom. The van der Waals surface area contributed by atoms with Gasteiger partial charge in [0.1, 0.15) is 6.10 Å². The highest BCUT2D eigenvalue weighted by atomic mass is 16.3. The third-order valence-electron chi connectivity index (χ3n) is 1.46. The van der Waals surface area contributed by atoms with E-state index in [2.05, 4.69) is 4.98 Å². The zero-order chi connectivity index (χ0) is 9.14. The Kier molecular flexibility index (Phi) is 2.43. The van der Waals surface area contributed by atoms with E-state index in [0.29, 0.717) is 5.69 Å². The molecule has 64 valence electrons. The maximum Gasteiger partial charge on any atom is 0.172 e. The van der Waals surface area contributed by atoms with Gasteiger partial charge in [0.25, 0.3) is 0 Å². The van der Waals surface area contributed by atoms with Crippen LogP contribution in [0.25, 0.3) is 0 Å². The highest BCUT2D eigenvalue weighted by Gasteiger charge is 2.19. The summed E-state index contributed by atoms with van der Waals surface area (Å²) in [6, 6.07) is 1.53. The Morgan fingerprint density at radius 1 is 1.67 bits per heavy atom. The summed E-state index contributed by atoms with van der Waals surface area (Å²) >= 11 is 0. The molecular formula is C7H9N3O2. The highest BCUT2D eigenvalue weighted by Crippen LogP contribution is 2.12. The van der Waals surface area contributed by atoms with E-state index in [-0.39, 0.29) is 0 Å². The van der Waals surface area contributed by atoms with Crippen molar-refractivity contribution in [3.05, 3.63) is 18.2 Å². The summed E-state index contributed by atoms with van der Waals surface area (Å²) in [7, 11) is 1.74. The zero-order valence-corrected chi connectivity index (χ0v) is 6.55. The van der Waals surface area contributed by atoms with Crippen molar-refractivity contribution in [3.8, 4) is 6.07 Å². The van der Waals surface area contributed by atoms with Gasteiger partial charge >= 0.3 is 0 Å². The van der Waals surface area contributed by atoms with E-state index in [9.17, 15) is 5.11 Å². The number of nitrogens with zero attached hydrogens (tertiary/aromatic N) is 3. The molecule has 1 rings (SSSR count). The van der Waals surface area contributed by atoms with Crippen molar-refractivity contribution >= 4 is 0 Å². The Bertz CT molecular complexity index is 302. The molecule has 0 amide bonds. The number of nitriles is 1. The number of aromatic nitrogens is 2. The summed E-state index contributed by atoms with van der Waals surface area (Å²) < 4.78 is 1.63. The second kappa shape index (κ2) is 3.34. The molecule has 0 bridgehead atoms. The molecule has 2 N–H and O–H groups in total. The Hall–Kier alpha value is -1.38. The largest absolute Gasteiger partial charge is 0.383 e. The van der Waals surface area contributed by atoms with Crippen LogP contribution in [0.15, 0.2) is 12.5 Å². The van der Waals surface area contributed by atoms with E-state index in [1.54, 1.807) is 17.8 Å². The average Bonchev–Trinajstić information content (AvgIpc) is 2.49. The molecule has 0 saturated heterocycles. The van der Waals surface area contributed by atoms with Crippen LogP contribution in [0.4, 0.5) is 0 Å². The summed E-state index contributed by atoms with van der Waals surface area (Å²) in [5.41, 5.74) is 0.298. The highest BCUT2D eigenvalue weighted by molar-refractivity contribution is 5.06. The maximum absolute atomic E-state index is 9.25. The molecule has 1 heterocycles. The predicted molar refractivity (Wildman–Crippen MR) is 39.8 cm³/mol. The quantitative estimate of drug-likeness (QED) is 0.573. The molecule has 2 atom stereocenters. The fourth-order valence-electron chi connectivity index (χ4n) is 0.818. The van der Waals surface area contributed by atoms with E-state index in [1.165, 1.54) is 12.4 Å². The van der Waals surface area contributed by atoms with Gasteiger partial charge in [0, 0.05) is 13.2 Å². The molecule has 0 saturated carbocycles. The molecule has 1 aromatic heterocycles. The number of aliphatic hydroxyl groups is 2. The molecule has 0 spiro atoms. The van der Waals surface area contributed by atoms with Crippen molar-refractivity contribution in [2.75, 3.05) is 0 Å². The van der Waals surface area contributed by atoms with Crippen LogP contribution in [0, 0.1) is 11.3 Å². The molecule has 5 nitrogen and oxygen atoms in total. The predicted octanol–water partition coefficient (Wildman–Crippen LogP) is -0.662. The van der Waals surface area contributed by atoms with Crippen LogP contribution < -0.4 is 0 Å². The van der Waals surface area contributed by atoms with Gasteiger partial charge in [-0.25, -0.2) is 4.98 Å². The lowest BCUT2D eigenvalue weighted by Crippen LogP contribution is -2.15. The summed E-state index contributed by atoms with van der Waals surface area (Å²) in [4.78, 5) is 3.79. The minimum atomic E-state index is -1.42. The fourth-order valence-corrected chi connectivity index (χ4v) is 0.818. The lowest BCUT2D eigenvalue weighted by molar-refractivity contribution is 0.0501. The normalized spacial score (nSPS) is 15.2. The van der Waals surface area contributed by atoms with E-state index >= 15 is 0 Å². The van der Waals surface area contributed by atoms with Gasteiger partial charge in [-0.15, -0.1) is 0 Å². The SMILES string of the molecule is Cn1cnc(C(O)C(O)C#N)c1. The van der Waals surface area contributed by atoms with E-state index < -0.39 is 12.2 Å². The first-order valence-electron chi connectivity index (χ1n) is 3.38. The van der Waals surface area contributed by atoms with Gasteiger partial charge in [-0.1, -0.05) is 0 Å². The molecule has 0 radical (unpaired) electrons. The van der Waals surface area contributed by atoms with Gasteiger partial charge in [0.2, 0.25) is 0 Å². The minimum Gasteiger partial charge on any atom is -0.383 e. The first-order chi connectivity index (χ1) is 5.65. The summed E-state index contributed by atoms with van der Waals surface area (Å²) in [5, 5.41) is 26.5. The van der Waals surface area contributed by atoms with Crippen molar-refractivity contribution in [3.63, 3.8) is 0 Å². The lowest BCUT2D eigenvalue weighted by atomic mass is 10.2. The van der Waals surface area contributed by atoms with Crippen LogP contribution in [-0.4, -0.2) is 25.9 Å². The molecule has 0 aliphatic rings. The molecule has 0 aromatic carbocycles. The first kappa shape index (κ1) is 8.71. The number of hydrogen-bond donors (Lipinski definition) is 2. The van der Waals surface area contributed by atoms with Crippen molar-refractivity contribution in [1.82, 2.24) is 9.55 Å². The smallest absolute Gasteiger partial charge is 0.172 e. The van der Waals surface area contributed by atoms with Crippen molar-refractivity contribution < 1.29 is 10.2 Å². The third kappa shape index (κ3) is 1.61. The maximum atomic E-state index is 9.25. The van der Waals surface area contributed by atoms with E-state index in [4.69, 9.17) is 10.4 Å². The molecule has 2 unspecified atom stereocenters. The van der Waals surface area contributed by atoms with Crippen LogP contribution in [0.5, 0.6) is 0 Å². The molecule has 0 fully saturated rings. The fraction of sp³-hybridized carbons (Fsp3) is 0.429. The topological polar surface area (TPSA) is 82.1 Å². The van der Waals surface area contributed by atoms with Crippen molar-refractivity contribution in [2.45, 2.75) is 12.2 Å². The third-order valence-corrected chi connectivity index (χ3v) is 1.46. The standard InChI is InChI=1S/C7H9N3O2/c1-10-3-5(9-4-10)7(12)6(11)2-8/h3-4,6-7,11-12H,1H3. The van der Waals surface area contributed by atoms with E-state index in [1.807, 2.05) is 0 Å². The van der Waals surface area contributed by atoms with Crippen LogP contribution in [0.3, 0.4) is 0 Å². The second-order valence-electron chi connectivity index (χ2n) is 2.48. The van der Waals surface area contributed by atoms with Crippen molar-refractivity contribution in [1.29, 1.82) is 5.26 Å². The van der Waals surface area contributed by atoms with Gasteiger partial charge in [-0.05, 0) is 0 Å². The minimum absolute atomic E-state index is 0.298. The van der Waals surface area contributed by atoms with Crippen LogP contribution in [0.2, 0.25) is 0 Å². The molecule has 0 aliphatic heterocycles. The molecule has 0 aliphatic carbocycles. The first-order valence-corrected chi connectivity index (χ1v) is 3.38. The van der Waals surface area contributed by atoms with Crippen LogP contribution in [-0.2, 0) is 7.05 Å². The van der Waals surface area contributed by atoms with Crippen LogP contribution >= 0.6 is 0 Å². The summed E-state index contributed by atoms with van der Waals surface area (Å²) in [6.45, 7) is 0. The molecule has 12 heavy (non-hydrogen) atoms. The van der Waals surface area contributed by atoms with Crippen LogP contribution in [0.1, 0.15) is 11.8 Å². The number of aliphatic hydroxyl groups excluding tert-OH is 2. The number of imidazole rings is 1. The molecule has 5 heteroatoms. The van der Waals surface area contributed by atoms with Gasteiger partial charge in [0.15, 0.2) is 6.10 Å². The average molecular weight is 167 g/mol. The molecular weight excluding hydrogens is 158 g/mol. The van der Waals surface area contributed by atoms with E-state index in [0.717, 1.165) is 0 Å². The Balaban J connectivity index is 2.79. The van der Waals surface area contributed by atoms with Gasteiger partial charge in [0.05, 0.1) is 18.1 Å². The zero-order valence-electron chi connectivity index (χ0n) is 6.55. The monoisotopic (exact) mass is 167 g/mol. The summed E-state index contributed by atoms with van der Waals surface area (Å²) in [5.74, 6) is 0. The van der Waals surface area contributed by atoms with Gasteiger partial charge < -0.3 is 14.8 Å². The number of aryl methyl sites for hydroxylation is 1. The lowest BCUT2D eigenvalue weighted by Gasteiger charge is -2.07.